The van der Waals surface area contributed by atoms with Crippen LogP contribution >= 0.6 is 0 Å². The zero-order chi connectivity index (χ0) is 13.4. The summed E-state index contributed by atoms with van der Waals surface area (Å²) in [6, 6.07) is 31.8. The van der Waals surface area contributed by atoms with E-state index in [9.17, 15) is 0 Å². The van der Waals surface area contributed by atoms with Gasteiger partial charge >= 0.3 is 18.6 Å². The van der Waals surface area contributed by atoms with E-state index in [0.29, 0.717) is 0 Å². The fourth-order valence-corrected chi connectivity index (χ4v) is 2.76. The maximum atomic E-state index is 3.37. The van der Waals surface area contributed by atoms with Crippen LogP contribution < -0.4 is 0 Å². The van der Waals surface area contributed by atoms with Crippen molar-refractivity contribution in [2.24, 2.45) is 0 Å². The van der Waals surface area contributed by atoms with Crippen molar-refractivity contribution in [3.63, 3.8) is 0 Å². The Morgan fingerprint density at radius 3 is 1.43 bits per heavy atom. The van der Waals surface area contributed by atoms with Crippen LogP contribution in [0.5, 0.6) is 0 Å². The van der Waals surface area contributed by atoms with E-state index in [-0.39, 0.29) is 18.6 Å². The van der Waals surface area contributed by atoms with Gasteiger partial charge in [-0.3, -0.25) is 0 Å². The van der Waals surface area contributed by atoms with E-state index in [4.69, 9.17) is 0 Å². The van der Waals surface area contributed by atoms with Crippen LogP contribution in [0.3, 0.4) is 0 Å². The average molecular weight is 303 g/mol. The standard InChI is InChI=1S/C20H12.V/c1-3-11-17-15(7-1)9-5-13-19(17)20-14-6-10-16-8-2-4-12-18(16)20;/h1-10,13-14H;/q-2;+2. The second kappa shape index (κ2) is 5.77. The summed E-state index contributed by atoms with van der Waals surface area (Å²) < 4.78 is 0. The summed E-state index contributed by atoms with van der Waals surface area (Å²) in [5.41, 5.74) is 2.44. The summed E-state index contributed by atoms with van der Waals surface area (Å²) in [5.74, 6) is 0. The van der Waals surface area contributed by atoms with Gasteiger partial charge in [0.2, 0.25) is 0 Å². The van der Waals surface area contributed by atoms with E-state index in [2.05, 4.69) is 60.7 Å². The first kappa shape index (κ1) is 13.9. The Labute approximate surface area is 136 Å². The molecule has 0 aliphatic rings. The molecule has 4 aromatic rings. The fourth-order valence-electron chi connectivity index (χ4n) is 2.76. The van der Waals surface area contributed by atoms with Gasteiger partial charge < -0.3 is 0 Å². The molecular formula is C20H12V. The predicted molar refractivity (Wildman–Crippen MR) is 84.6 cm³/mol. The molecule has 0 saturated heterocycles. The minimum atomic E-state index is 0. The van der Waals surface area contributed by atoms with Gasteiger partial charge in [-0.25, -0.2) is 0 Å². The first-order valence-corrected chi connectivity index (χ1v) is 6.73. The summed E-state index contributed by atoms with van der Waals surface area (Å²) in [4.78, 5) is 0. The van der Waals surface area contributed by atoms with Crippen molar-refractivity contribution in [3.8, 4) is 11.1 Å². The molecule has 4 aromatic carbocycles. The quantitative estimate of drug-likeness (QED) is 0.421. The minimum Gasteiger partial charge on any atom is -0.147 e. The Morgan fingerprint density at radius 1 is 0.524 bits per heavy atom. The van der Waals surface area contributed by atoms with E-state index < -0.39 is 0 Å². The molecule has 0 atom stereocenters. The van der Waals surface area contributed by atoms with Crippen LogP contribution in [0.4, 0.5) is 0 Å². The SMILES string of the molecule is [V+2].[c-]1cccc2cccc(-c3cccc4ccc[c-]c34)c12. The Morgan fingerprint density at radius 2 is 0.952 bits per heavy atom. The molecular weight excluding hydrogens is 291 g/mol. The molecule has 1 radical (unpaired) electrons. The van der Waals surface area contributed by atoms with Gasteiger partial charge in [0.05, 0.1) is 0 Å². The normalized spacial score (nSPS) is 10.5. The monoisotopic (exact) mass is 303 g/mol. The molecule has 0 heterocycles. The summed E-state index contributed by atoms with van der Waals surface area (Å²) in [6.45, 7) is 0. The maximum Gasteiger partial charge on any atom is 2.00 e. The molecule has 0 aromatic heterocycles. The molecule has 97 valence electrons. The van der Waals surface area contributed by atoms with Gasteiger partial charge in [0.1, 0.15) is 0 Å². The molecule has 1 heteroatoms. The second-order valence-electron chi connectivity index (χ2n) is 4.88. The molecule has 0 amide bonds. The summed E-state index contributed by atoms with van der Waals surface area (Å²) >= 11 is 0. The Bertz CT molecular complexity index is 821. The van der Waals surface area contributed by atoms with Crippen molar-refractivity contribution < 1.29 is 18.6 Å². The largest absolute Gasteiger partial charge is 2.00 e. The molecule has 0 unspecified atom stereocenters. The van der Waals surface area contributed by atoms with Gasteiger partial charge in [0.15, 0.2) is 0 Å². The van der Waals surface area contributed by atoms with Crippen LogP contribution in [0, 0.1) is 12.1 Å². The predicted octanol–water partition coefficient (Wildman–Crippen LogP) is 5.26. The minimum absolute atomic E-state index is 0. The molecule has 21 heavy (non-hydrogen) atoms. The smallest absolute Gasteiger partial charge is 0.147 e. The van der Waals surface area contributed by atoms with Crippen molar-refractivity contribution in [2.75, 3.05) is 0 Å². The van der Waals surface area contributed by atoms with Crippen molar-refractivity contribution in [3.05, 3.63) is 84.9 Å². The van der Waals surface area contributed by atoms with E-state index in [1.54, 1.807) is 0 Å². The van der Waals surface area contributed by atoms with Crippen LogP contribution in [-0.2, 0) is 18.6 Å². The summed E-state index contributed by atoms with van der Waals surface area (Å²) in [6.07, 6.45) is 0. The fraction of sp³-hybridized carbons (Fsp3) is 0. The summed E-state index contributed by atoms with van der Waals surface area (Å²) in [7, 11) is 0. The Kier molecular flexibility index (Phi) is 3.83. The molecule has 0 N–H and O–H groups in total. The second-order valence-corrected chi connectivity index (χ2v) is 4.88. The molecule has 4 rings (SSSR count). The van der Waals surface area contributed by atoms with E-state index in [1.807, 2.05) is 24.3 Å². The first-order valence-electron chi connectivity index (χ1n) is 6.73. The van der Waals surface area contributed by atoms with Crippen molar-refractivity contribution in [1.29, 1.82) is 0 Å². The van der Waals surface area contributed by atoms with Crippen molar-refractivity contribution in [1.82, 2.24) is 0 Å². The van der Waals surface area contributed by atoms with Gasteiger partial charge in [-0.05, 0) is 0 Å². The third kappa shape index (κ3) is 2.38. The Balaban J connectivity index is 0.00000132. The maximum absolute atomic E-state index is 3.37. The molecule has 0 aliphatic heterocycles. The van der Waals surface area contributed by atoms with Crippen LogP contribution in [-0.4, -0.2) is 0 Å². The van der Waals surface area contributed by atoms with Gasteiger partial charge in [-0.1, -0.05) is 24.3 Å². The molecule has 0 nitrogen and oxygen atoms in total. The van der Waals surface area contributed by atoms with Gasteiger partial charge in [0.25, 0.3) is 0 Å². The van der Waals surface area contributed by atoms with E-state index in [1.165, 1.54) is 32.7 Å². The van der Waals surface area contributed by atoms with Crippen LogP contribution in [0.1, 0.15) is 0 Å². The molecule has 0 bridgehead atoms. The zero-order valence-corrected chi connectivity index (χ0v) is 12.8. The number of rotatable bonds is 1. The van der Waals surface area contributed by atoms with Gasteiger partial charge in [-0.15, -0.1) is 93.3 Å². The Hall–Kier alpha value is -2.02. The first-order chi connectivity index (χ1) is 9.93. The zero-order valence-electron chi connectivity index (χ0n) is 11.4. The van der Waals surface area contributed by atoms with Crippen LogP contribution in [0.15, 0.2) is 72.8 Å². The molecule has 0 aliphatic carbocycles. The van der Waals surface area contributed by atoms with Crippen LogP contribution in [0.2, 0.25) is 0 Å². The van der Waals surface area contributed by atoms with Gasteiger partial charge in [-0.2, -0.15) is 0 Å². The van der Waals surface area contributed by atoms with Crippen molar-refractivity contribution >= 4 is 21.5 Å². The number of benzene rings is 4. The summed E-state index contributed by atoms with van der Waals surface area (Å²) in [5, 5.41) is 4.77. The number of hydrogen-bond donors (Lipinski definition) is 0. The molecule has 0 spiro atoms. The third-order valence-electron chi connectivity index (χ3n) is 3.68. The molecule has 0 saturated carbocycles. The third-order valence-corrected chi connectivity index (χ3v) is 3.68. The number of fused-ring (bicyclic) bond motifs is 2. The molecule has 0 fully saturated rings. The average Bonchev–Trinajstić information content (AvgIpc) is 2.54. The number of hydrogen-bond acceptors (Lipinski definition) is 0. The van der Waals surface area contributed by atoms with Gasteiger partial charge in [0, 0.05) is 0 Å². The van der Waals surface area contributed by atoms with Crippen LogP contribution in [0.25, 0.3) is 32.7 Å². The topological polar surface area (TPSA) is 0 Å². The van der Waals surface area contributed by atoms with Crippen molar-refractivity contribution in [2.45, 2.75) is 0 Å². The van der Waals surface area contributed by atoms with E-state index in [0.717, 1.165) is 0 Å². The van der Waals surface area contributed by atoms with E-state index >= 15 is 0 Å².